The van der Waals surface area contributed by atoms with E-state index < -0.39 is 0 Å². The number of halogens is 2. The lowest BCUT2D eigenvalue weighted by atomic mass is 10.0. The molecule has 0 aliphatic heterocycles. The first-order valence-corrected chi connectivity index (χ1v) is 7.12. The quantitative estimate of drug-likeness (QED) is 0.643. The van der Waals surface area contributed by atoms with Crippen LogP contribution in [0.25, 0.3) is 0 Å². The van der Waals surface area contributed by atoms with Gasteiger partial charge >= 0.3 is 0 Å². The molecule has 0 saturated heterocycles. The van der Waals surface area contributed by atoms with Crippen molar-refractivity contribution in [2.45, 2.75) is 46.0 Å². The van der Waals surface area contributed by atoms with Crippen molar-refractivity contribution in [3.8, 4) is 0 Å². The first-order valence-electron chi connectivity index (χ1n) is 5.95. The molecule has 0 amide bonds. The Bertz CT molecular complexity index is 431. The topological polar surface area (TPSA) is 0 Å². The summed E-state index contributed by atoms with van der Waals surface area (Å²) in [4.78, 5) is 0. The Morgan fingerprint density at radius 2 is 1.75 bits per heavy atom. The first kappa shape index (κ1) is 12.4. The molecule has 2 aliphatic carbocycles. The molecule has 0 spiro atoms. The summed E-state index contributed by atoms with van der Waals surface area (Å²) >= 11 is 9.79. The van der Waals surface area contributed by atoms with Gasteiger partial charge in [0.15, 0.2) is 0 Å². The van der Waals surface area contributed by atoms with E-state index in [4.69, 9.17) is 11.6 Å². The summed E-state index contributed by atoms with van der Waals surface area (Å²) in [5, 5.41) is 0.934. The summed E-state index contributed by atoms with van der Waals surface area (Å²) in [6, 6.07) is 4.29. The number of fused-ring (bicyclic) bond motifs is 1. The summed E-state index contributed by atoms with van der Waals surface area (Å²) in [7, 11) is 0. The van der Waals surface area contributed by atoms with E-state index in [1.165, 1.54) is 24.0 Å². The van der Waals surface area contributed by atoms with Crippen LogP contribution in [0, 0.1) is 12.3 Å². The molecule has 0 heterocycles. The molecular formula is C14H18BrCl. The van der Waals surface area contributed by atoms with Crippen molar-refractivity contribution >= 4 is 27.5 Å². The molecule has 1 aromatic carbocycles. The van der Waals surface area contributed by atoms with Crippen LogP contribution in [0.3, 0.4) is 0 Å². The van der Waals surface area contributed by atoms with Gasteiger partial charge in [0, 0.05) is 14.9 Å². The summed E-state index contributed by atoms with van der Waals surface area (Å²) in [5.41, 5.74) is 3.73. The largest absolute Gasteiger partial charge is 0.0840 e. The Labute approximate surface area is 112 Å². The second-order valence-electron chi connectivity index (χ2n) is 5.08. The third kappa shape index (κ3) is 1.55. The van der Waals surface area contributed by atoms with Crippen molar-refractivity contribution in [3.63, 3.8) is 0 Å². The molecular weight excluding hydrogens is 284 g/mol. The Morgan fingerprint density at radius 3 is 2.19 bits per heavy atom. The second kappa shape index (κ2) is 3.74. The van der Waals surface area contributed by atoms with Crippen LogP contribution in [0.4, 0.5) is 0 Å². The van der Waals surface area contributed by atoms with Gasteiger partial charge in [-0.25, -0.2) is 0 Å². The molecule has 1 aromatic rings. The van der Waals surface area contributed by atoms with Crippen LogP contribution < -0.4 is 0 Å². The molecule has 0 radical (unpaired) electrons. The van der Waals surface area contributed by atoms with Gasteiger partial charge in [-0.15, -0.1) is 0 Å². The zero-order chi connectivity index (χ0) is 12.1. The van der Waals surface area contributed by atoms with Gasteiger partial charge < -0.3 is 0 Å². The average Bonchev–Trinajstić information content (AvgIpc) is 3.00. The van der Waals surface area contributed by atoms with Crippen molar-refractivity contribution in [1.82, 2.24) is 0 Å². The number of hydrogen-bond donors (Lipinski definition) is 0. The predicted molar refractivity (Wildman–Crippen MR) is 74.3 cm³/mol. The Morgan fingerprint density at radius 1 is 1.25 bits per heavy atom. The fourth-order valence-corrected chi connectivity index (χ4v) is 3.55. The summed E-state index contributed by atoms with van der Waals surface area (Å²) in [6.45, 7) is 8.49. The van der Waals surface area contributed by atoms with Crippen LogP contribution in [0.15, 0.2) is 16.6 Å². The van der Waals surface area contributed by atoms with Gasteiger partial charge in [0.05, 0.1) is 0 Å². The van der Waals surface area contributed by atoms with E-state index in [0.717, 1.165) is 9.50 Å². The maximum absolute atomic E-state index is 6.28. The van der Waals surface area contributed by atoms with Crippen LogP contribution in [0.2, 0.25) is 5.02 Å². The van der Waals surface area contributed by atoms with Crippen LogP contribution >= 0.6 is 27.5 Å². The molecule has 3 rings (SSSR count). The average molecular weight is 302 g/mol. The van der Waals surface area contributed by atoms with Crippen molar-refractivity contribution in [1.29, 1.82) is 0 Å². The molecule has 16 heavy (non-hydrogen) atoms. The lowest BCUT2D eigenvalue weighted by Gasteiger charge is -2.09. The lowest BCUT2D eigenvalue weighted by molar-refractivity contribution is 0.713. The number of hydrogen-bond acceptors (Lipinski definition) is 0. The maximum atomic E-state index is 6.28. The number of aryl methyl sites for hydroxylation is 1. The van der Waals surface area contributed by atoms with E-state index in [0.29, 0.717) is 10.8 Å². The van der Waals surface area contributed by atoms with E-state index in [1.54, 1.807) is 0 Å². The van der Waals surface area contributed by atoms with Gasteiger partial charge in [0.1, 0.15) is 0 Å². The van der Waals surface area contributed by atoms with E-state index in [-0.39, 0.29) is 0 Å². The highest BCUT2D eigenvalue weighted by atomic mass is 79.9. The Kier molecular flexibility index (Phi) is 2.91. The summed E-state index contributed by atoms with van der Waals surface area (Å²) in [5.74, 6) is 0. The SMILES string of the molecule is CC.Cc1cc(C23CC2(C)C3)c(Cl)cc1Br. The van der Waals surface area contributed by atoms with E-state index in [1.807, 2.05) is 19.9 Å². The third-order valence-corrected chi connectivity index (χ3v) is 5.22. The van der Waals surface area contributed by atoms with Gasteiger partial charge in [0.2, 0.25) is 0 Å². The highest BCUT2D eigenvalue weighted by Crippen LogP contribution is 2.86. The van der Waals surface area contributed by atoms with Crippen LogP contribution in [-0.4, -0.2) is 0 Å². The molecule has 2 saturated carbocycles. The van der Waals surface area contributed by atoms with Gasteiger partial charge in [-0.3, -0.25) is 0 Å². The smallest absolute Gasteiger partial charge is 0.0455 e. The zero-order valence-corrected chi connectivity index (χ0v) is 12.7. The molecule has 0 N–H and O–H groups in total. The molecule has 0 bridgehead atoms. The van der Waals surface area contributed by atoms with Gasteiger partial charge in [-0.05, 0) is 42.4 Å². The Hall–Kier alpha value is -0.0100. The van der Waals surface area contributed by atoms with Crippen LogP contribution in [0.5, 0.6) is 0 Å². The molecule has 2 fully saturated rings. The molecule has 2 heteroatoms. The minimum absolute atomic E-state index is 0.468. The molecule has 2 aliphatic rings. The fourth-order valence-electron chi connectivity index (χ4n) is 2.73. The predicted octanol–water partition coefficient (Wildman–Crippen LogP) is 5.49. The minimum atomic E-state index is 0.468. The van der Waals surface area contributed by atoms with E-state index in [9.17, 15) is 0 Å². The Balaban J connectivity index is 0.000000457. The zero-order valence-electron chi connectivity index (χ0n) is 10.3. The van der Waals surface area contributed by atoms with Crippen LogP contribution in [0.1, 0.15) is 44.7 Å². The van der Waals surface area contributed by atoms with E-state index >= 15 is 0 Å². The van der Waals surface area contributed by atoms with E-state index in [2.05, 4.69) is 35.8 Å². The highest BCUT2D eigenvalue weighted by Gasteiger charge is 2.80. The fraction of sp³-hybridized carbons (Fsp3) is 0.571. The van der Waals surface area contributed by atoms with Crippen molar-refractivity contribution in [2.75, 3.05) is 0 Å². The lowest BCUT2D eigenvalue weighted by Crippen LogP contribution is -1.96. The second-order valence-corrected chi connectivity index (χ2v) is 6.34. The monoisotopic (exact) mass is 300 g/mol. The molecule has 0 nitrogen and oxygen atoms in total. The normalized spacial score (nSPS) is 33.6. The van der Waals surface area contributed by atoms with Crippen molar-refractivity contribution in [3.05, 3.63) is 32.8 Å². The van der Waals surface area contributed by atoms with Crippen LogP contribution in [-0.2, 0) is 5.41 Å². The molecule has 0 aromatic heterocycles. The first-order chi connectivity index (χ1) is 7.48. The standard InChI is InChI=1S/C12H12BrCl.C2H6/c1-7-3-8(10(14)4-9(7)13)12-5-11(12,2)6-12;1-2/h3-4H,5-6H2,1-2H3;1-2H3. The van der Waals surface area contributed by atoms with Crippen molar-refractivity contribution in [2.24, 2.45) is 5.41 Å². The number of benzene rings is 1. The van der Waals surface area contributed by atoms with Gasteiger partial charge in [0.25, 0.3) is 0 Å². The summed E-state index contributed by atoms with van der Waals surface area (Å²) in [6.07, 6.45) is 2.67. The molecule has 0 unspecified atom stereocenters. The van der Waals surface area contributed by atoms with Gasteiger partial charge in [-0.1, -0.05) is 54.4 Å². The summed E-state index contributed by atoms with van der Waals surface area (Å²) < 4.78 is 1.12. The maximum Gasteiger partial charge on any atom is 0.0455 e. The molecule has 88 valence electrons. The number of rotatable bonds is 1. The molecule has 0 atom stereocenters. The highest BCUT2D eigenvalue weighted by molar-refractivity contribution is 9.10. The minimum Gasteiger partial charge on any atom is -0.0840 e. The van der Waals surface area contributed by atoms with Gasteiger partial charge in [-0.2, -0.15) is 0 Å². The van der Waals surface area contributed by atoms with Crippen molar-refractivity contribution < 1.29 is 0 Å². The third-order valence-electron chi connectivity index (χ3n) is 4.05.